The maximum atomic E-state index is 5.96. The van der Waals surface area contributed by atoms with Gasteiger partial charge in [0.15, 0.2) is 0 Å². The molecule has 19 heavy (non-hydrogen) atoms. The molecule has 2 rings (SSSR count). The Kier molecular flexibility index (Phi) is 6.11. The van der Waals surface area contributed by atoms with Crippen LogP contribution in [0, 0.1) is 5.92 Å². The second-order valence-electron chi connectivity index (χ2n) is 6.75. The molecule has 1 heterocycles. The molecule has 1 saturated carbocycles. The minimum atomic E-state index is 0.739. The van der Waals surface area contributed by atoms with E-state index in [0.717, 1.165) is 24.5 Å². The summed E-state index contributed by atoms with van der Waals surface area (Å²) >= 11 is 0. The summed E-state index contributed by atoms with van der Waals surface area (Å²) in [5, 5.41) is 0. The van der Waals surface area contributed by atoms with E-state index in [1.807, 2.05) is 0 Å². The van der Waals surface area contributed by atoms with Crippen molar-refractivity contribution in [2.24, 2.45) is 11.7 Å². The van der Waals surface area contributed by atoms with Gasteiger partial charge < -0.3 is 15.5 Å². The summed E-state index contributed by atoms with van der Waals surface area (Å²) in [5.41, 5.74) is 5.96. The zero-order valence-electron chi connectivity index (χ0n) is 13.0. The van der Waals surface area contributed by atoms with Crippen molar-refractivity contribution >= 4 is 0 Å². The van der Waals surface area contributed by atoms with Crippen LogP contribution in [-0.4, -0.2) is 55.6 Å². The van der Waals surface area contributed by atoms with Crippen LogP contribution in [0.25, 0.3) is 0 Å². The minimum Gasteiger partial charge on any atom is -0.330 e. The van der Waals surface area contributed by atoms with Gasteiger partial charge in [-0.25, -0.2) is 0 Å². The Bertz CT molecular complexity index is 256. The molecule has 3 unspecified atom stereocenters. The largest absolute Gasteiger partial charge is 0.330 e. The highest BCUT2D eigenvalue weighted by molar-refractivity contribution is 4.84. The van der Waals surface area contributed by atoms with Crippen molar-refractivity contribution < 1.29 is 0 Å². The summed E-state index contributed by atoms with van der Waals surface area (Å²) in [7, 11) is 4.62. The standard InChI is InChI=1S/C16H33N3/c1-18-11-6-5-8-15(18)10-12-19(2)16-9-4-3-7-14(16)13-17/h14-16H,3-13,17H2,1-2H3. The van der Waals surface area contributed by atoms with Crippen molar-refractivity contribution in [3.63, 3.8) is 0 Å². The molecular formula is C16H33N3. The predicted octanol–water partition coefficient (Wildman–Crippen LogP) is 2.31. The smallest absolute Gasteiger partial charge is 0.0132 e. The Morgan fingerprint density at radius 3 is 2.58 bits per heavy atom. The molecule has 2 N–H and O–H groups in total. The van der Waals surface area contributed by atoms with E-state index in [2.05, 4.69) is 23.9 Å². The van der Waals surface area contributed by atoms with Crippen LogP contribution >= 0.6 is 0 Å². The van der Waals surface area contributed by atoms with Crippen LogP contribution in [0.5, 0.6) is 0 Å². The van der Waals surface area contributed by atoms with Crippen molar-refractivity contribution in [2.75, 3.05) is 33.7 Å². The first-order valence-corrected chi connectivity index (χ1v) is 8.33. The van der Waals surface area contributed by atoms with E-state index < -0.39 is 0 Å². The van der Waals surface area contributed by atoms with Crippen molar-refractivity contribution in [2.45, 2.75) is 63.5 Å². The zero-order chi connectivity index (χ0) is 13.7. The lowest BCUT2D eigenvalue weighted by atomic mass is 9.83. The lowest BCUT2D eigenvalue weighted by Crippen LogP contribution is -2.45. The Morgan fingerprint density at radius 1 is 1.11 bits per heavy atom. The molecule has 1 aliphatic heterocycles. The molecule has 2 aliphatic rings. The normalized spacial score (nSPS) is 33.8. The van der Waals surface area contributed by atoms with Gasteiger partial charge in [0.05, 0.1) is 0 Å². The first-order chi connectivity index (χ1) is 9.22. The summed E-state index contributed by atoms with van der Waals surface area (Å²) in [6, 6.07) is 1.56. The van der Waals surface area contributed by atoms with E-state index in [-0.39, 0.29) is 0 Å². The summed E-state index contributed by atoms with van der Waals surface area (Å²) in [5.74, 6) is 0.739. The molecule has 112 valence electrons. The van der Waals surface area contributed by atoms with E-state index in [4.69, 9.17) is 5.73 Å². The van der Waals surface area contributed by atoms with Gasteiger partial charge in [-0.05, 0) is 71.8 Å². The van der Waals surface area contributed by atoms with Crippen molar-refractivity contribution in [3.8, 4) is 0 Å². The molecule has 1 aliphatic carbocycles. The van der Waals surface area contributed by atoms with Gasteiger partial charge in [0.2, 0.25) is 0 Å². The van der Waals surface area contributed by atoms with Gasteiger partial charge >= 0.3 is 0 Å². The Labute approximate surface area is 119 Å². The lowest BCUT2D eigenvalue weighted by Gasteiger charge is -2.39. The zero-order valence-corrected chi connectivity index (χ0v) is 13.0. The Morgan fingerprint density at radius 2 is 1.84 bits per heavy atom. The molecule has 0 aromatic rings. The SMILES string of the molecule is CN1CCCCC1CCN(C)C1CCCCC1CN. The quantitative estimate of drug-likeness (QED) is 0.829. The van der Waals surface area contributed by atoms with Gasteiger partial charge in [-0.2, -0.15) is 0 Å². The van der Waals surface area contributed by atoms with Gasteiger partial charge in [0.25, 0.3) is 0 Å². The number of hydrogen-bond acceptors (Lipinski definition) is 3. The molecule has 0 spiro atoms. The van der Waals surface area contributed by atoms with Crippen LogP contribution in [0.15, 0.2) is 0 Å². The fraction of sp³-hybridized carbons (Fsp3) is 1.00. The highest BCUT2D eigenvalue weighted by atomic mass is 15.2. The van der Waals surface area contributed by atoms with Crippen LogP contribution in [0.1, 0.15) is 51.4 Å². The van der Waals surface area contributed by atoms with Gasteiger partial charge in [0.1, 0.15) is 0 Å². The fourth-order valence-electron chi connectivity index (χ4n) is 4.07. The molecule has 3 atom stereocenters. The number of nitrogens with zero attached hydrogens (tertiary/aromatic N) is 2. The Hall–Kier alpha value is -0.120. The van der Waals surface area contributed by atoms with Gasteiger partial charge in [0, 0.05) is 12.1 Å². The second kappa shape index (κ2) is 7.61. The number of likely N-dealkylation sites (tertiary alicyclic amines) is 1. The summed E-state index contributed by atoms with van der Waals surface area (Å²) in [6.07, 6.45) is 11.0. The highest BCUT2D eigenvalue weighted by Gasteiger charge is 2.28. The van der Waals surface area contributed by atoms with E-state index in [9.17, 15) is 0 Å². The first kappa shape index (κ1) is 15.3. The van der Waals surface area contributed by atoms with Crippen molar-refractivity contribution in [1.29, 1.82) is 0 Å². The van der Waals surface area contributed by atoms with Crippen LogP contribution in [0.3, 0.4) is 0 Å². The van der Waals surface area contributed by atoms with E-state index in [1.54, 1.807) is 0 Å². The van der Waals surface area contributed by atoms with Gasteiger partial charge in [-0.3, -0.25) is 0 Å². The molecule has 3 heteroatoms. The molecule has 3 nitrogen and oxygen atoms in total. The summed E-state index contributed by atoms with van der Waals surface area (Å²) < 4.78 is 0. The topological polar surface area (TPSA) is 32.5 Å². The summed E-state index contributed by atoms with van der Waals surface area (Å²) in [4.78, 5) is 5.18. The average molecular weight is 267 g/mol. The molecule has 0 aromatic carbocycles. The average Bonchev–Trinajstić information content (AvgIpc) is 2.46. The van der Waals surface area contributed by atoms with Crippen molar-refractivity contribution in [1.82, 2.24) is 9.80 Å². The molecular weight excluding hydrogens is 234 g/mol. The maximum absolute atomic E-state index is 5.96. The molecule has 2 fully saturated rings. The van der Waals surface area contributed by atoms with E-state index in [1.165, 1.54) is 64.5 Å². The molecule has 0 amide bonds. The monoisotopic (exact) mass is 267 g/mol. The Balaban J connectivity index is 1.77. The number of piperidine rings is 1. The highest BCUT2D eigenvalue weighted by Crippen LogP contribution is 2.28. The van der Waals surface area contributed by atoms with Crippen LogP contribution in [-0.2, 0) is 0 Å². The molecule has 0 aromatic heterocycles. The van der Waals surface area contributed by atoms with E-state index in [0.29, 0.717) is 0 Å². The van der Waals surface area contributed by atoms with Gasteiger partial charge in [-0.15, -0.1) is 0 Å². The third kappa shape index (κ3) is 4.17. The predicted molar refractivity (Wildman–Crippen MR) is 82.3 cm³/mol. The lowest BCUT2D eigenvalue weighted by molar-refractivity contribution is 0.108. The third-order valence-electron chi connectivity index (χ3n) is 5.47. The second-order valence-corrected chi connectivity index (χ2v) is 6.75. The van der Waals surface area contributed by atoms with Crippen LogP contribution < -0.4 is 5.73 Å². The molecule has 1 saturated heterocycles. The third-order valence-corrected chi connectivity index (χ3v) is 5.47. The van der Waals surface area contributed by atoms with Crippen molar-refractivity contribution in [3.05, 3.63) is 0 Å². The van der Waals surface area contributed by atoms with Crippen LogP contribution in [0.4, 0.5) is 0 Å². The number of hydrogen-bond donors (Lipinski definition) is 1. The maximum Gasteiger partial charge on any atom is 0.0132 e. The first-order valence-electron chi connectivity index (χ1n) is 8.33. The van der Waals surface area contributed by atoms with Gasteiger partial charge in [-0.1, -0.05) is 19.3 Å². The number of rotatable bonds is 5. The minimum absolute atomic E-state index is 0.739. The molecule has 0 radical (unpaired) electrons. The van der Waals surface area contributed by atoms with E-state index >= 15 is 0 Å². The number of nitrogens with two attached hydrogens (primary N) is 1. The fourth-order valence-corrected chi connectivity index (χ4v) is 4.07. The summed E-state index contributed by atoms with van der Waals surface area (Å²) in [6.45, 7) is 3.41. The molecule has 0 bridgehead atoms. The van der Waals surface area contributed by atoms with Crippen LogP contribution in [0.2, 0.25) is 0 Å².